The van der Waals surface area contributed by atoms with Crippen LogP contribution < -0.4 is 10.1 Å². The average molecular weight is 301 g/mol. The van der Waals surface area contributed by atoms with Crippen LogP contribution in [0, 0.1) is 13.8 Å². The minimum Gasteiger partial charge on any atom is -0.496 e. The third-order valence-corrected chi connectivity index (χ3v) is 4.54. The normalized spacial score (nSPS) is 12.0. The van der Waals surface area contributed by atoms with Gasteiger partial charge in [0, 0.05) is 22.2 Å². The van der Waals surface area contributed by atoms with Gasteiger partial charge in [0.1, 0.15) is 5.75 Å². The second-order valence-corrected chi connectivity index (χ2v) is 6.11. The van der Waals surface area contributed by atoms with Gasteiger partial charge in [0.2, 0.25) is 0 Å². The molecule has 0 fully saturated rings. The Morgan fingerprint density at radius 1 is 1.05 bits per heavy atom. The van der Waals surface area contributed by atoms with Crippen molar-refractivity contribution in [3.05, 3.63) is 53.1 Å². The van der Waals surface area contributed by atoms with Gasteiger partial charge in [-0.3, -0.25) is 0 Å². The minimum atomic E-state index is 0.256. The SMILES string of the molecule is COc1c(C)ccc(NC(C)c2ccc(SC)cc2)c1C. The van der Waals surface area contributed by atoms with Gasteiger partial charge in [0.05, 0.1) is 7.11 Å². The summed E-state index contributed by atoms with van der Waals surface area (Å²) in [5.74, 6) is 0.963. The summed E-state index contributed by atoms with van der Waals surface area (Å²) in [6.45, 7) is 6.34. The van der Waals surface area contributed by atoms with E-state index in [2.05, 4.69) is 68.7 Å². The lowest BCUT2D eigenvalue weighted by molar-refractivity contribution is 0.409. The second kappa shape index (κ2) is 6.90. The molecule has 0 bridgehead atoms. The van der Waals surface area contributed by atoms with Crippen LogP contribution in [-0.2, 0) is 0 Å². The van der Waals surface area contributed by atoms with Crippen molar-refractivity contribution in [2.24, 2.45) is 0 Å². The van der Waals surface area contributed by atoms with Crippen molar-refractivity contribution in [2.75, 3.05) is 18.7 Å². The molecule has 0 radical (unpaired) electrons. The van der Waals surface area contributed by atoms with Crippen LogP contribution >= 0.6 is 11.8 Å². The van der Waals surface area contributed by atoms with E-state index in [0.29, 0.717) is 0 Å². The lowest BCUT2D eigenvalue weighted by Crippen LogP contribution is -2.08. The molecule has 2 nitrogen and oxygen atoms in total. The standard InChI is InChI=1S/C18H23NOS/c1-12-6-11-17(13(2)18(12)20-4)19-14(3)15-7-9-16(21-5)10-8-15/h6-11,14,19H,1-5H3. The maximum absolute atomic E-state index is 5.49. The fourth-order valence-electron chi connectivity index (χ4n) is 2.51. The van der Waals surface area contributed by atoms with E-state index in [1.807, 2.05) is 0 Å². The lowest BCUT2D eigenvalue weighted by atomic mass is 10.1. The van der Waals surface area contributed by atoms with E-state index in [-0.39, 0.29) is 6.04 Å². The largest absolute Gasteiger partial charge is 0.496 e. The summed E-state index contributed by atoms with van der Waals surface area (Å²) in [6.07, 6.45) is 2.10. The summed E-state index contributed by atoms with van der Waals surface area (Å²) in [4.78, 5) is 1.29. The van der Waals surface area contributed by atoms with Gasteiger partial charge >= 0.3 is 0 Å². The Morgan fingerprint density at radius 2 is 1.71 bits per heavy atom. The van der Waals surface area contributed by atoms with Crippen LogP contribution in [0.15, 0.2) is 41.3 Å². The minimum absolute atomic E-state index is 0.256. The molecular weight excluding hydrogens is 278 g/mol. The van der Waals surface area contributed by atoms with Crippen molar-refractivity contribution in [1.82, 2.24) is 0 Å². The Labute approximate surface area is 131 Å². The number of ether oxygens (including phenoxy) is 1. The van der Waals surface area contributed by atoms with E-state index in [4.69, 9.17) is 4.74 Å². The van der Waals surface area contributed by atoms with Gasteiger partial charge in [-0.15, -0.1) is 11.8 Å². The Kier molecular flexibility index (Phi) is 5.18. The van der Waals surface area contributed by atoms with Crippen LogP contribution in [0.25, 0.3) is 0 Å². The lowest BCUT2D eigenvalue weighted by Gasteiger charge is -2.20. The Bertz CT molecular complexity index is 607. The molecule has 3 heteroatoms. The van der Waals surface area contributed by atoms with Crippen molar-refractivity contribution in [1.29, 1.82) is 0 Å². The summed E-state index contributed by atoms with van der Waals surface area (Å²) in [5, 5.41) is 3.58. The highest BCUT2D eigenvalue weighted by Crippen LogP contribution is 2.31. The molecule has 0 aliphatic rings. The number of aryl methyl sites for hydroxylation is 1. The third-order valence-electron chi connectivity index (χ3n) is 3.79. The van der Waals surface area contributed by atoms with Crippen LogP contribution in [0.5, 0.6) is 5.75 Å². The number of hydrogen-bond donors (Lipinski definition) is 1. The van der Waals surface area contributed by atoms with Crippen molar-refractivity contribution in [2.45, 2.75) is 31.7 Å². The zero-order valence-electron chi connectivity index (χ0n) is 13.4. The highest BCUT2D eigenvalue weighted by molar-refractivity contribution is 7.98. The van der Waals surface area contributed by atoms with E-state index in [1.165, 1.54) is 10.5 Å². The van der Waals surface area contributed by atoms with E-state index < -0.39 is 0 Å². The smallest absolute Gasteiger partial charge is 0.126 e. The molecule has 2 rings (SSSR count). The zero-order valence-corrected chi connectivity index (χ0v) is 14.2. The summed E-state index contributed by atoms with van der Waals surface area (Å²) < 4.78 is 5.49. The summed E-state index contributed by atoms with van der Waals surface area (Å²) in [5.41, 5.74) is 4.73. The number of methoxy groups -OCH3 is 1. The highest BCUT2D eigenvalue weighted by atomic mass is 32.2. The van der Waals surface area contributed by atoms with Crippen LogP contribution in [0.2, 0.25) is 0 Å². The average Bonchev–Trinajstić information content (AvgIpc) is 2.50. The van der Waals surface area contributed by atoms with Gasteiger partial charge in [-0.2, -0.15) is 0 Å². The van der Waals surface area contributed by atoms with Gasteiger partial charge in [-0.1, -0.05) is 18.2 Å². The molecule has 0 saturated carbocycles. The second-order valence-electron chi connectivity index (χ2n) is 5.23. The fraction of sp³-hybridized carbons (Fsp3) is 0.333. The molecule has 2 aromatic rings. The molecule has 2 aromatic carbocycles. The molecule has 1 atom stereocenters. The number of nitrogens with one attached hydrogen (secondary N) is 1. The predicted molar refractivity (Wildman–Crippen MR) is 92.7 cm³/mol. The number of thioether (sulfide) groups is 1. The first kappa shape index (κ1) is 15.8. The Balaban J connectivity index is 2.20. The fourth-order valence-corrected chi connectivity index (χ4v) is 2.91. The number of rotatable bonds is 5. The van der Waals surface area contributed by atoms with Gasteiger partial charge in [0.25, 0.3) is 0 Å². The van der Waals surface area contributed by atoms with Gasteiger partial charge < -0.3 is 10.1 Å². The Hall–Kier alpha value is -1.61. The number of anilines is 1. The first-order valence-electron chi connectivity index (χ1n) is 7.11. The molecule has 0 heterocycles. The van der Waals surface area contributed by atoms with Crippen LogP contribution in [0.3, 0.4) is 0 Å². The molecular formula is C18H23NOS. The van der Waals surface area contributed by atoms with Gasteiger partial charge in [0.15, 0.2) is 0 Å². The maximum atomic E-state index is 5.49. The topological polar surface area (TPSA) is 21.3 Å². The van der Waals surface area contributed by atoms with E-state index in [1.54, 1.807) is 18.9 Å². The van der Waals surface area contributed by atoms with Crippen LogP contribution in [0.4, 0.5) is 5.69 Å². The van der Waals surface area contributed by atoms with Gasteiger partial charge in [-0.05, 0) is 56.4 Å². The zero-order chi connectivity index (χ0) is 15.4. The third kappa shape index (κ3) is 3.53. The predicted octanol–water partition coefficient (Wildman–Crippen LogP) is 5.21. The number of hydrogen-bond acceptors (Lipinski definition) is 3. The first-order chi connectivity index (χ1) is 10.1. The summed E-state index contributed by atoms with van der Waals surface area (Å²) >= 11 is 1.77. The quantitative estimate of drug-likeness (QED) is 0.766. The summed E-state index contributed by atoms with van der Waals surface area (Å²) in [7, 11) is 1.73. The van der Waals surface area contributed by atoms with Crippen molar-refractivity contribution < 1.29 is 4.74 Å². The molecule has 0 aliphatic carbocycles. The van der Waals surface area contributed by atoms with Crippen LogP contribution in [0.1, 0.15) is 29.7 Å². The molecule has 0 saturated heterocycles. The van der Waals surface area contributed by atoms with Crippen molar-refractivity contribution in [3.63, 3.8) is 0 Å². The van der Waals surface area contributed by atoms with E-state index in [0.717, 1.165) is 22.6 Å². The maximum Gasteiger partial charge on any atom is 0.126 e. The molecule has 1 unspecified atom stereocenters. The molecule has 0 aliphatic heterocycles. The molecule has 21 heavy (non-hydrogen) atoms. The molecule has 1 N–H and O–H groups in total. The number of benzene rings is 2. The van der Waals surface area contributed by atoms with Gasteiger partial charge in [-0.25, -0.2) is 0 Å². The van der Waals surface area contributed by atoms with E-state index >= 15 is 0 Å². The van der Waals surface area contributed by atoms with Crippen LogP contribution in [-0.4, -0.2) is 13.4 Å². The Morgan fingerprint density at radius 3 is 2.29 bits per heavy atom. The molecule has 0 spiro atoms. The summed E-state index contributed by atoms with van der Waals surface area (Å²) in [6, 6.07) is 13.2. The highest BCUT2D eigenvalue weighted by Gasteiger charge is 2.11. The van der Waals surface area contributed by atoms with E-state index in [9.17, 15) is 0 Å². The van der Waals surface area contributed by atoms with Crippen molar-refractivity contribution >= 4 is 17.4 Å². The molecule has 0 aromatic heterocycles. The molecule has 112 valence electrons. The monoisotopic (exact) mass is 301 g/mol. The first-order valence-corrected chi connectivity index (χ1v) is 8.34. The molecule has 0 amide bonds. The van der Waals surface area contributed by atoms with Crippen molar-refractivity contribution in [3.8, 4) is 5.75 Å².